The van der Waals surface area contributed by atoms with Gasteiger partial charge in [-0.15, -0.1) is 0 Å². The summed E-state index contributed by atoms with van der Waals surface area (Å²) in [5.41, 5.74) is 2.25. The summed E-state index contributed by atoms with van der Waals surface area (Å²) in [5.74, 6) is -0.203. The van der Waals surface area contributed by atoms with E-state index in [9.17, 15) is 9.59 Å². The van der Waals surface area contributed by atoms with Gasteiger partial charge in [-0.25, -0.2) is 0 Å². The zero-order chi connectivity index (χ0) is 17.9. The smallest absolute Gasteiger partial charge is 0.260 e. The van der Waals surface area contributed by atoms with Crippen molar-refractivity contribution in [3.05, 3.63) is 59.7 Å². The predicted octanol–water partition coefficient (Wildman–Crippen LogP) is 3.46. The Morgan fingerprint density at radius 3 is 2.64 bits per heavy atom. The number of fused-ring (bicyclic) bond motifs is 1. The molecule has 0 spiro atoms. The summed E-state index contributed by atoms with van der Waals surface area (Å²) in [7, 11) is 1.53. The normalized spacial score (nSPS) is 16.2. The number of benzene rings is 2. The topological polar surface area (TPSA) is 67.4 Å². The summed E-state index contributed by atoms with van der Waals surface area (Å²) in [5, 5.41) is 5.83. The van der Waals surface area contributed by atoms with Gasteiger partial charge >= 0.3 is 0 Å². The van der Waals surface area contributed by atoms with Crippen LogP contribution in [0.4, 0.5) is 11.4 Å². The first kappa shape index (κ1) is 17.2. The molecule has 1 heterocycles. The number of carbonyl (C=O) groups is 2. The van der Waals surface area contributed by atoms with Gasteiger partial charge < -0.3 is 15.4 Å². The van der Waals surface area contributed by atoms with Crippen LogP contribution in [0.15, 0.2) is 48.5 Å². The van der Waals surface area contributed by atoms with Gasteiger partial charge in [0.25, 0.3) is 5.91 Å². The summed E-state index contributed by atoms with van der Waals surface area (Å²) >= 11 is 0. The second-order valence-electron chi connectivity index (χ2n) is 6.33. The largest absolute Gasteiger partial charge is 0.364 e. The third kappa shape index (κ3) is 3.56. The van der Waals surface area contributed by atoms with Crippen LogP contribution in [0.3, 0.4) is 0 Å². The van der Waals surface area contributed by atoms with Crippen molar-refractivity contribution in [1.82, 2.24) is 0 Å². The first-order valence-electron chi connectivity index (χ1n) is 8.38. The van der Waals surface area contributed by atoms with Gasteiger partial charge in [0.15, 0.2) is 5.60 Å². The zero-order valence-corrected chi connectivity index (χ0v) is 14.5. The molecule has 1 atom stereocenters. The summed E-state index contributed by atoms with van der Waals surface area (Å²) in [6.45, 7) is 1.75. The van der Waals surface area contributed by atoms with Gasteiger partial charge in [-0.05, 0) is 49.1 Å². The summed E-state index contributed by atoms with van der Waals surface area (Å²) in [4.78, 5) is 24.5. The van der Waals surface area contributed by atoms with Gasteiger partial charge in [0.05, 0.1) is 0 Å². The minimum Gasteiger partial charge on any atom is -0.364 e. The molecule has 0 saturated carbocycles. The molecule has 2 aromatic rings. The number of hydrogen-bond donors (Lipinski definition) is 2. The van der Waals surface area contributed by atoms with Gasteiger partial charge in [0.1, 0.15) is 0 Å². The molecule has 5 nitrogen and oxygen atoms in total. The zero-order valence-electron chi connectivity index (χ0n) is 14.5. The van der Waals surface area contributed by atoms with E-state index in [2.05, 4.69) is 10.6 Å². The number of amides is 2. The molecule has 2 amide bonds. The van der Waals surface area contributed by atoms with Crippen LogP contribution >= 0.6 is 0 Å². The van der Waals surface area contributed by atoms with Crippen molar-refractivity contribution in [3.8, 4) is 0 Å². The lowest BCUT2D eigenvalue weighted by Crippen LogP contribution is -2.39. The van der Waals surface area contributed by atoms with Crippen molar-refractivity contribution in [2.24, 2.45) is 0 Å². The molecule has 1 aliphatic heterocycles. The predicted molar refractivity (Wildman–Crippen MR) is 97.4 cm³/mol. The number of aryl methyl sites for hydroxylation is 1. The third-order valence-corrected chi connectivity index (χ3v) is 4.65. The Balaban J connectivity index is 1.83. The maximum absolute atomic E-state index is 12.8. The first-order valence-corrected chi connectivity index (χ1v) is 8.38. The molecule has 3 rings (SSSR count). The lowest BCUT2D eigenvalue weighted by Gasteiger charge is -2.27. The molecule has 0 aliphatic carbocycles. The Morgan fingerprint density at radius 1 is 1.16 bits per heavy atom. The van der Waals surface area contributed by atoms with Gasteiger partial charge in [0.2, 0.25) is 5.91 Å². The van der Waals surface area contributed by atoms with E-state index in [1.807, 2.05) is 42.5 Å². The van der Waals surface area contributed by atoms with Gasteiger partial charge in [0, 0.05) is 24.9 Å². The third-order valence-electron chi connectivity index (χ3n) is 4.65. The summed E-state index contributed by atoms with van der Waals surface area (Å²) in [6.07, 6.45) is 2.13. The van der Waals surface area contributed by atoms with E-state index in [0.717, 1.165) is 29.7 Å². The number of anilines is 2. The second-order valence-corrected chi connectivity index (χ2v) is 6.33. The summed E-state index contributed by atoms with van der Waals surface area (Å²) in [6, 6.07) is 14.9. The van der Waals surface area contributed by atoms with E-state index in [0.29, 0.717) is 12.1 Å². The Hall–Kier alpha value is -2.66. The molecule has 0 fully saturated rings. The van der Waals surface area contributed by atoms with E-state index in [1.54, 1.807) is 13.0 Å². The van der Waals surface area contributed by atoms with E-state index >= 15 is 0 Å². The van der Waals surface area contributed by atoms with Gasteiger partial charge in [-0.3, -0.25) is 9.59 Å². The van der Waals surface area contributed by atoms with E-state index in [1.165, 1.54) is 7.11 Å². The first-order chi connectivity index (χ1) is 12.0. The van der Waals surface area contributed by atoms with E-state index in [-0.39, 0.29) is 11.8 Å². The lowest BCUT2D eigenvalue weighted by atomic mass is 9.94. The molecule has 0 saturated heterocycles. The highest BCUT2D eigenvalue weighted by Crippen LogP contribution is 2.29. The summed E-state index contributed by atoms with van der Waals surface area (Å²) < 4.78 is 5.54. The monoisotopic (exact) mass is 338 g/mol. The Labute approximate surface area is 147 Å². The highest BCUT2D eigenvalue weighted by Gasteiger charge is 2.35. The molecule has 0 bridgehead atoms. The maximum Gasteiger partial charge on any atom is 0.260 e. The van der Waals surface area contributed by atoms with Crippen LogP contribution in [-0.2, 0) is 26.3 Å². The van der Waals surface area contributed by atoms with Gasteiger partial charge in [-0.2, -0.15) is 0 Å². The highest BCUT2D eigenvalue weighted by molar-refractivity contribution is 5.98. The maximum atomic E-state index is 12.8. The van der Waals surface area contributed by atoms with E-state index in [4.69, 9.17) is 4.74 Å². The Morgan fingerprint density at radius 2 is 1.92 bits per heavy atom. The number of ether oxygens (including phenoxy) is 1. The molecule has 2 N–H and O–H groups in total. The van der Waals surface area contributed by atoms with Crippen LogP contribution in [0.25, 0.3) is 0 Å². The minimum atomic E-state index is -1.08. The number of nitrogens with one attached hydrogen (secondary N) is 2. The average molecular weight is 338 g/mol. The molecule has 25 heavy (non-hydrogen) atoms. The quantitative estimate of drug-likeness (QED) is 0.897. The number of carbonyl (C=O) groups excluding carboxylic acids is 2. The van der Waals surface area contributed by atoms with Crippen LogP contribution in [-0.4, -0.2) is 18.9 Å². The SMILES string of the molecule is CO[C@](C)(C(=O)Nc1ccc2c(c1)CCCC(=O)N2)c1ccccc1. The molecule has 0 unspecified atom stereocenters. The number of hydrogen-bond acceptors (Lipinski definition) is 3. The highest BCUT2D eigenvalue weighted by atomic mass is 16.5. The van der Waals surface area contributed by atoms with Crippen molar-refractivity contribution in [3.63, 3.8) is 0 Å². The van der Waals surface area contributed by atoms with Crippen LogP contribution in [0, 0.1) is 0 Å². The van der Waals surface area contributed by atoms with Crippen LogP contribution in [0.2, 0.25) is 0 Å². The fourth-order valence-electron chi connectivity index (χ4n) is 3.00. The van der Waals surface area contributed by atoms with Crippen molar-refractivity contribution in [2.45, 2.75) is 31.8 Å². The van der Waals surface area contributed by atoms with Crippen molar-refractivity contribution in [2.75, 3.05) is 17.7 Å². The molecule has 5 heteroatoms. The van der Waals surface area contributed by atoms with Crippen LogP contribution in [0.5, 0.6) is 0 Å². The second kappa shape index (κ2) is 7.07. The van der Waals surface area contributed by atoms with Crippen LogP contribution in [0.1, 0.15) is 30.9 Å². The lowest BCUT2D eigenvalue weighted by molar-refractivity contribution is -0.136. The van der Waals surface area contributed by atoms with Crippen molar-refractivity contribution in [1.29, 1.82) is 0 Å². The van der Waals surface area contributed by atoms with Gasteiger partial charge in [-0.1, -0.05) is 30.3 Å². The average Bonchev–Trinajstić information content (AvgIpc) is 2.82. The molecule has 2 aromatic carbocycles. The molecule has 0 radical (unpaired) electrons. The molecule has 0 aromatic heterocycles. The fourth-order valence-corrected chi connectivity index (χ4v) is 3.00. The molecular formula is C20H22N2O3. The molecular weight excluding hydrogens is 316 g/mol. The van der Waals surface area contributed by atoms with Crippen LogP contribution < -0.4 is 10.6 Å². The Bertz CT molecular complexity index is 789. The van der Waals surface area contributed by atoms with E-state index < -0.39 is 5.60 Å². The number of methoxy groups -OCH3 is 1. The standard InChI is InChI=1S/C20H22N2O3/c1-20(25-2,15-8-4-3-5-9-15)19(24)21-16-11-12-17-14(13-16)7-6-10-18(23)22-17/h3-5,8-9,11-13H,6-7,10H2,1-2H3,(H,21,24)(H,22,23)/t20-/m0/s1. The molecule has 1 aliphatic rings. The fraction of sp³-hybridized carbons (Fsp3) is 0.300. The Kier molecular flexibility index (Phi) is 4.86. The van der Waals surface area contributed by atoms with Crippen molar-refractivity contribution >= 4 is 23.2 Å². The van der Waals surface area contributed by atoms with Crippen molar-refractivity contribution < 1.29 is 14.3 Å². The molecule has 130 valence electrons. The number of rotatable bonds is 4. The minimum absolute atomic E-state index is 0.0339.